The summed E-state index contributed by atoms with van der Waals surface area (Å²) in [5, 5.41) is 5.21. The highest BCUT2D eigenvalue weighted by molar-refractivity contribution is 7.13. The van der Waals surface area contributed by atoms with E-state index in [1.165, 1.54) is 11.3 Å². The molecule has 2 amide bonds. The van der Waals surface area contributed by atoms with Crippen LogP contribution in [0.25, 0.3) is 0 Å². The Labute approximate surface area is 139 Å². The van der Waals surface area contributed by atoms with Crippen molar-refractivity contribution in [3.05, 3.63) is 11.6 Å². The summed E-state index contributed by atoms with van der Waals surface area (Å²) in [5.41, 5.74) is 0. The molecular weight excluding hydrogens is 316 g/mol. The Bertz CT molecular complexity index is 531. The number of likely N-dealkylation sites (tertiary alicyclic amines) is 1. The van der Waals surface area contributed by atoms with Gasteiger partial charge >= 0.3 is 0 Å². The van der Waals surface area contributed by atoms with Crippen LogP contribution in [0.2, 0.25) is 0 Å². The normalized spacial score (nSPS) is 22.8. The highest BCUT2D eigenvalue weighted by atomic mass is 32.1. The number of thiazole rings is 1. The predicted octanol–water partition coefficient (Wildman–Crippen LogP) is 0.795. The zero-order chi connectivity index (χ0) is 16.1. The number of anilines is 1. The van der Waals surface area contributed by atoms with Crippen molar-refractivity contribution < 1.29 is 14.3 Å². The molecule has 1 aromatic rings. The lowest BCUT2D eigenvalue weighted by Crippen LogP contribution is -2.54. The molecule has 126 valence electrons. The van der Waals surface area contributed by atoms with Crippen molar-refractivity contribution in [2.75, 3.05) is 44.7 Å². The minimum Gasteiger partial charge on any atom is -0.378 e. The van der Waals surface area contributed by atoms with Gasteiger partial charge in [0.1, 0.15) is 0 Å². The van der Waals surface area contributed by atoms with Crippen molar-refractivity contribution >= 4 is 28.3 Å². The molecule has 0 aliphatic carbocycles. The van der Waals surface area contributed by atoms with E-state index in [4.69, 9.17) is 4.74 Å². The number of aromatic nitrogens is 1. The van der Waals surface area contributed by atoms with Crippen LogP contribution < -0.4 is 5.32 Å². The van der Waals surface area contributed by atoms with Crippen LogP contribution in [-0.4, -0.2) is 72.0 Å². The number of nitrogens with zero attached hydrogens (tertiary/aromatic N) is 3. The van der Waals surface area contributed by atoms with E-state index in [-0.39, 0.29) is 24.4 Å². The monoisotopic (exact) mass is 338 g/mol. The molecule has 0 bridgehead atoms. The quantitative estimate of drug-likeness (QED) is 0.879. The zero-order valence-electron chi connectivity index (χ0n) is 13.1. The molecule has 1 N–H and O–H groups in total. The van der Waals surface area contributed by atoms with E-state index in [1.54, 1.807) is 6.20 Å². The number of piperidine rings is 1. The molecular formula is C15H22N4O3S. The van der Waals surface area contributed by atoms with Crippen molar-refractivity contribution in [2.24, 2.45) is 0 Å². The van der Waals surface area contributed by atoms with E-state index >= 15 is 0 Å². The molecule has 3 rings (SSSR count). The number of hydrogen-bond acceptors (Lipinski definition) is 6. The maximum absolute atomic E-state index is 12.7. The number of hydrogen-bond donors (Lipinski definition) is 1. The van der Waals surface area contributed by atoms with Crippen molar-refractivity contribution in [1.29, 1.82) is 0 Å². The van der Waals surface area contributed by atoms with Crippen LogP contribution in [0.3, 0.4) is 0 Å². The number of nitrogens with one attached hydrogen (secondary N) is 1. The van der Waals surface area contributed by atoms with E-state index in [9.17, 15) is 9.59 Å². The van der Waals surface area contributed by atoms with Gasteiger partial charge in [0.15, 0.2) is 5.13 Å². The molecule has 1 unspecified atom stereocenters. The molecule has 1 atom stereocenters. The Balaban J connectivity index is 1.59. The molecule has 0 saturated carbocycles. The third kappa shape index (κ3) is 4.27. The van der Waals surface area contributed by atoms with Crippen LogP contribution in [0, 0.1) is 0 Å². The van der Waals surface area contributed by atoms with Crippen LogP contribution in [0.5, 0.6) is 0 Å². The van der Waals surface area contributed by atoms with Gasteiger partial charge in [0.2, 0.25) is 11.8 Å². The smallest absolute Gasteiger partial charge is 0.240 e. The van der Waals surface area contributed by atoms with Crippen molar-refractivity contribution in [1.82, 2.24) is 14.8 Å². The van der Waals surface area contributed by atoms with Gasteiger partial charge in [-0.2, -0.15) is 0 Å². The number of amides is 2. The van der Waals surface area contributed by atoms with Gasteiger partial charge in [-0.15, -0.1) is 11.3 Å². The SMILES string of the molecule is O=C(CN1CCCCC1C(=O)N1CCOCC1)Nc1nccs1. The molecule has 2 aliphatic rings. The Morgan fingerprint density at radius 3 is 2.87 bits per heavy atom. The molecule has 2 fully saturated rings. The summed E-state index contributed by atoms with van der Waals surface area (Å²) >= 11 is 1.39. The van der Waals surface area contributed by atoms with E-state index in [1.807, 2.05) is 15.2 Å². The maximum Gasteiger partial charge on any atom is 0.240 e. The molecule has 23 heavy (non-hydrogen) atoms. The fraction of sp³-hybridized carbons (Fsp3) is 0.667. The largest absolute Gasteiger partial charge is 0.378 e. The number of morpholine rings is 1. The van der Waals surface area contributed by atoms with Crippen LogP contribution in [-0.2, 0) is 14.3 Å². The number of rotatable bonds is 4. The lowest BCUT2D eigenvalue weighted by Gasteiger charge is -2.38. The summed E-state index contributed by atoms with van der Waals surface area (Å²) < 4.78 is 5.31. The summed E-state index contributed by atoms with van der Waals surface area (Å²) in [6, 6.07) is -0.191. The lowest BCUT2D eigenvalue weighted by molar-refractivity contribution is -0.142. The second-order valence-corrected chi connectivity index (χ2v) is 6.70. The molecule has 0 radical (unpaired) electrons. The summed E-state index contributed by atoms with van der Waals surface area (Å²) in [6.07, 6.45) is 4.54. The van der Waals surface area contributed by atoms with Crippen LogP contribution in [0.4, 0.5) is 5.13 Å². The molecule has 1 aromatic heterocycles. The number of carbonyl (C=O) groups excluding carboxylic acids is 2. The molecule has 2 aliphatic heterocycles. The van der Waals surface area contributed by atoms with E-state index in [0.717, 1.165) is 25.8 Å². The third-order valence-corrected chi connectivity index (χ3v) is 4.94. The predicted molar refractivity (Wildman–Crippen MR) is 87.4 cm³/mol. The third-order valence-electron chi connectivity index (χ3n) is 4.25. The minimum absolute atomic E-state index is 0.110. The maximum atomic E-state index is 12.7. The molecule has 3 heterocycles. The summed E-state index contributed by atoms with van der Waals surface area (Å²) in [6.45, 7) is 3.52. The van der Waals surface area contributed by atoms with Gasteiger partial charge in [0.25, 0.3) is 0 Å². The van der Waals surface area contributed by atoms with Gasteiger partial charge in [-0.1, -0.05) is 6.42 Å². The Morgan fingerprint density at radius 2 is 2.13 bits per heavy atom. The molecule has 7 nitrogen and oxygen atoms in total. The van der Waals surface area contributed by atoms with Gasteiger partial charge in [-0.3, -0.25) is 14.5 Å². The number of carbonyl (C=O) groups is 2. The van der Waals surface area contributed by atoms with Crippen molar-refractivity contribution in [3.8, 4) is 0 Å². The first kappa shape index (κ1) is 16.4. The van der Waals surface area contributed by atoms with Crippen molar-refractivity contribution in [2.45, 2.75) is 25.3 Å². The molecule has 8 heteroatoms. The first-order valence-electron chi connectivity index (χ1n) is 8.04. The molecule has 0 spiro atoms. The fourth-order valence-electron chi connectivity index (χ4n) is 3.08. The van der Waals surface area contributed by atoms with E-state index < -0.39 is 0 Å². The highest BCUT2D eigenvalue weighted by Crippen LogP contribution is 2.20. The topological polar surface area (TPSA) is 74.8 Å². The average Bonchev–Trinajstić information content (AvgIpc) is 3.08. The van der Waals surface area contributed by atoms with Gasteiger partial charge in [0.05, 0.1) is 25.8 Å². The van der Waals surface area contributed by atoms with Crippen LogP contribution in [0.15, 0.2) is 11.6 Å². The van der Waals surface area contributed by atoms with Crippen molar-refractivity contribution in [3.63, 3.8) is 0 Å². The van der Waals surface area contributed by atoms with Gasteiger partial charge in [-0.25, -0.2) is 4.98 Å². The second kappa shape index (κ2) is 7.85. The summed E-state index contributed by atoms with van der Waals surface area (Å²) in [5.74, 6) is 0.0247. The first-order valence-corrected chi connectivity index (χ1v) is 8.92. The summed E-state index contributed by atoms with van der Waals surface area (Å²) in [7, 11) is 0. The van der Waals surface area contributed by atoms with E-state index in [2.05, 4.69) is 10.3 Å². The van der Waals surface area contributed by atoms with Crippen LogP contribution >= 0.6 is 11.3 Å². The minimum atomic E-state index is -0.191. The first-order chi connectivity index (χ1) is 11.2. The highest BCUT2D eigenvalue weighted by Gasteiger charge is 2.33. The Hall–Kier alpha value is -1.51. The summed E-state index contributed by atoms with van der Waals surface area (Å²) in [4.78, 5) is 32.9. The average molecular weight is 338 g/mol. The standard InChI is InChI=1S/C15H22N4O3S/c20-13(17-15-16-4-10-23-15)11-19-5-2-1-3-12(19)14(21)18-6-8-22-9-7-18/h4,10,12H,1-3,5-9,11H2,(H,16,17,20). The van der Waals surface area contributed by atoms with Gasteiger partial charge < -0.3 is 15.0 Å². The van der Waals surface area contributed by atoms with E-state index in [0.29, 0.717) is 31.4 Å². The number of ether oxygens (including phenoxy) is 1. The van der Waals surface area contributed by atoms with Gasteiger partial charge in [-0.05, 0) is 19.4 Å². The Kier molecular flexibility index (Phi) is 5.58. The Morgan fingerprint density at radius 1 is 1.30 bits per heavy atom. The second-order valence-electron chi connectivity index (χ2n) is 5.81. The lowest BCUT2D eigenvalue weighted by atomic mass is 10.0. The molecule has 0 aromatic carbocycles. The van der Waals surface area contributed by atoms with Crippen LogP contribution in [0.1, 0.15) is 19.3 Å². The fourth-order valence-corrected chi connectivity index (χ4v) is 3.63. The zero-order valence-corrected chi connectivity index (χ0v) is 13.9. The molecule has 2 saturated heterocycles. The van der Waals surface area contributed by atoms with Gasteiger partial charge in [0, 0.05) is 24.7 Å².